The molecule has 92 valence electrons. The Labute approximate surface area is 99.3 Å². The highest BCUT2D eigenvalue weighted by atomic mass is 16.5. The van der Waals surface area contributed by atoms with Crippen molar-refractivity contribution in [2.24, 2.45) is 5.41 Å². The van der Waals surface area contributed by atoms with Crippen LogP contribution >= 0.6 is 0 Å². The van der Waals surface area contributed by atoms with E-state index in [4.69, 9.17) is 4.74 Å². The summed E-state index contributed by atoms with van der Waals surface area (Å²) < 4.78 is 5.40. The van der Waals surface area contributed by atoms with Crippen LogP contribution in [0.5, 0.6) is 0 Å². The standard InChI is InChI=1S/C14H25NO/c1-16-13-9-12(10-13)15-8-4-7-14(11-15)5-2-3-6-14/h12-13H,2-11H2,1H3. The van der Waals surface area contributed by atoms with Gasteiger partial charge in [-0.25, -0.2) is 0 Å². The summed E-state index contributed by atoms with van der Waals surface area (Å²) in [6.07, 6.45) is 12.1. The van der Waals surface area contributed by atoms with E-state index >= 15 is 0 Å². The Morgan fingerprint density at radius 3 is 2.44 bits per heavy atom. The zero-order chi connectivity index (χ0) is 11.0. The third-order valence-corrected chi connectivity index (χ3v) is 5.27. The number of piperidine rings is 1. The third kappa shape index (κ3) is 1.91. The first-order valence-electron chi connectivity index (χ1n) is 7.08. The molecule has 3 aliphatic rings. The van der Waals surface area contributed by atoms with E-state index in [1.807, 2.05) is 7.11 Å². The molecular formula is C14H25NO. The van der Waals surface area contributed by atoms with Gasteiger partial charge >= 0.3 is 0 Å². The summed E-state index contributed by atoms with van der Waals surface area (Å²) in [5, 5.41) is 0. The fourth-order valence-corrected chi connectivity index (χ4v) is 4.12. The SMILES string of the molecule is COC1CC(N2CCCC3(CCCC3)C2)C1. The van der Waals surface area contributed by atoms with Gasteiger partial charge in [-0.2, -0.15) is 0 Å². The third-order valence-electron chi connectivity index (χ3n) is 5.27. The van der Waals surface area contributed by atoms with Crippen molar-refractivity contribution in [3.63, 3.8) is 0 Å². The second-order valence-corrected chi connectivity index (χ2v) is 6.26. The molecule has 0 N–H and O–H groups in total. The Hall–Kier alpha value is -0.0800. The summed E-state index contributed by atoms with van der Waals surface area (Å²) in [5.41, 5.74) is 0.733. The van der Waals surface area contributed by atoms with E-state index in [1.165, 1.54) is 64.5 Å². The van der Waals surface area contributed by atoms with Crippen molar-refractivity contribution in [2.45, 2.75) is 63.5 Å². The van der Waals surface area contributed by atoms with Gasteiger partial charge in [-0.3, -0.25) is 4.90 Å². The van der Waals surface area contributed by atoms with E-state index in [1.54, 1.807) is 0 Å². The van der Waals surface area contributed by atoms with E-state index < -0.39 is 0 Å². The number of ether oxygens (including phenoxy) is 1. The number of hydrogen-bond donors (Lipinski definition) is 0. The van der Waals surface area contributed by atoms with Crippen LogP contribution in [0.15, 0.2) is 0 Å². The monoisotopic (exact) mass is 223 g/mol. The lowest BCUT2D eigenvalue weighted by atomic mass is 9.76. The summed E-state index contributed by atoms with van der Waals surface area (Å²) in [4.78, 5) is 2.78. The van der Waals surface area contributed by atoms with Gasteiger partial charge in [0.15, 0.2) is 0 Å². The summed E-state index contributed by atoms with van der Waals surface area (Å²) >= 11 is 0. The van der Waals surface area contributed by atoms with E-state index in [-0.39, 0.29) is 0 Å². The van der Waals surface area contributed by atoms with Gasteiger partial charge in [-0.1, -0.05) is 12.8 Å². The van der Waals surface area contributed by atoms with Crippen LogP contribution in [0.4, 0.5) is 0 Å². The lowest BCUT2D eigenvalue weighted by molar-refractivity contribution is -0.0518. The van der Waals surface area contributed by atoms with E-state index in [9.17, 15) is 0 Å². The summed E-state index contributed by atoms with van der Waals surface area (Å²) in [5.74, 6) is 0. The fraction of sp³-hybridized carbons (Fsp3) is 1.00. The van der Waals surface area contributed by atoms with Crippen molar-refractivity contribution in [3.8, 4) is 0 Å². The Balaban J connectivity index is 1.56. The molecule has 2 aliphatic carbocycles. The predicted molar refractivity (Wildman–Crippen MR) is 65.5 cm³/mol. The number of hydrogen-bond acceptors (Lipinski definition) is 2. The quantitative estimate of drug-likeness (QED) is 0.714. The first-order valence-corrected chi connectivity index (χ1v) is 7.08. The molecule has 2 nitrogen and oxygen atoms in total. The first-order chi connectivity index (χ1) is 7.81. The van der Waals surface area contributed by atoms with Gasteiger partial charge in [0.2, 0.25) is 0 Å². The van der Waals surface area contributed by atoms with Gasteiger partial charge in [-0.15, -0.1) is 0 Å². The van der Waals surface area contributed by atoms with E-state index in [0.29, 0.717) is 6.10 Å². The minimum absolute atomic E-state index is 0.562. The van der Waals surface area contributed by atoms with E-state index in [2.05, 4.69) is 4.90 Å². The lowest BCUT2D eigenvalue weighted by Gasteiger charge is -2.49. The zero-order valence-electron chi connectivity index (χ0n) is 10.6. The van der Waals surface area contributed by atoms with Crippen molar-refractivity contribution in [2.75, 3.05) is 20.2 Å². The molecule has 1 spiro atoms. The number of methoxy groups -OCH3 is 1. The van der Waals surface area contributed by atoms with Crippen LogP contribution in [-0.2, 0) is 4.74 Å². The Morgan fingerprint density at radius 2 is 1.75 bits per heavy atom. The molecule has 2 heteroatoms. The van der Waals surface area contributed by atoms with Gasteiger partial charge < -0.3 is 4.74 Å². The van der Waals surface area contributed by atoms with Crippen molar-refractivity contribution < 1.29 is 4.74 Å². The lowest BCUT2D eigenvalue weighted by Crippen LogP contribution is -2.53. The van der Waals surface area contributed by atoms with Crippen molar-refractivity contribution in [1.29, 1.82) is 0 Å². The Morgan fingerprint density at radius 1 is 1.06 bits per heavy atom. The molecule has 1 heterocycles. The molecule has 0 radical (unpaired) electrons. The molecule has 0 aromatic heterocycles. The van der Waals surface area contributed by atoms with Crippen LogP contribution in [0.1, 0.15) is 51.4 Å². The highest BCUT2D eigenvalue weighted by Crippen LogP contribution is 2.46. The molecule has 0 aromatic rings. The molecule has 2 saturated carbocycles. The average Bonchev–Trinajstić information content (AvgIpc) is 2.65. The van der Waals surface area contributed by atoms with Crippen LogP contribution in [0, 0.1) is 5.41 Å². The summed E-state index contributed by atoms with van der Waals surface area (Å²) in [6, 6.07) is 0.850. The summed E-state index contributed by atoms with van der Waals surface area (Å²) in [7, 11) is 1.86. The topological polar surface area (TPSA) is 12.5 Å². The normalized spacial score (nSPS) is 38.8. The minimum Gasteiger partial charge on any atom is -0.381 e. The zero-order valence-corrected chi connectivity index (χ0v) is 10.6. The molecule has 1 saturated heterocycles. The maximum Gasteiger partial charge on any atom is 0.0601 e. The average molecular weight is 223 g/mol. The maximum absolute atomic E-state index is 5.40. The van der Waals surface area contributed by atoms with Crippen molar-refractivity contribution in [1.82, 2.24) is 4.90 Å². The molecule has 0 unspecified atom stereocenters. The second kappa shape index (κ2) is 4.30. The molecule has 3 fully saturated rings. The maximum atomic E-state index is 5.40. The number of likely N-dealkylation sites (tertiary alicyclic amines) is 1. The van der Waals surface area contributed by atoms with Crippen molar-refractivity contribution >= 4 is 0 Å². The smallest absolute Gasteiger partial charge is 0.0601 e. The molecular weight excluding hydrogens is 198 g/mol. The second-order valence-electron chi connectivity index (χ2n) is 6.26. The largest absolute Gasteiger partial charge is 0.381 e. The van der Waals surface area contributed by atoms with Gasteiger partial charge in [-0.05, 0) is 50.5 Å². The van der Waals surface area contributed by atoms with Gasteiger partial charge in [0.05, 0.1) is 6.10 Å². The molecule has 0 aromatic carbocycles. The van der Waals surface area contributed by atoms with Gasteiger partial charge in [0, 0.05) is 19.7 Å². The number of rotatable bonds is 2. The first kappa shape index (κ1) is 11.0. The molecule has 3 rings (SSSR count). The van der Waals surface area contributed by atoms with Crippen LogP contribution in [0.3, 0.4) is 0 Å². The molecule has 16 heavy (non-hydrogen) atoms. The fourth-order valence-electron chi connectivity index (χ4n) is 4.12. The summed E-state index contributed by atoms with van der Waals surface area (Å²) in [6.45, 7) is 2.75. The van der Waals surface area contributed by atoms with Crippen LogP contribution in [-0.4, -0.2) is 37.2 Å². The predicted octanol–water partition coefficient (Wildman–Crippen LogP) is 2.82. The molecule has 0 atom stereocenters. The highest BCUT2D eigenvalue weighted by molar-refractivity contribution is 4.96. The van der Waals surface area contributed by atoms with E-state index in [0.717, 1.165) is 11.5 Å². The van der Waals surface area contributed by atoms with Crippen LogP contribution < -0.4 is 0 Å². The van der Waals surface area contributed by atoms with Gasteiger partial charge in [0.1, 0.15) is 0 Å². The molecule has 1 aliphatic heterocycles. The Bertz CT molecular complexity index is 241. The van der Waals surface area contributed by atoms with Gasteiger partial charge in [0.25, 0.3) is 0 Å². The Kier molecular flexibility index (Phi) is 2.97. The van der Waals surface area contributed by atoms with Crippen molar-refractivity contribution in [3.05, 3.63) is 0 Å². The van der Waals surface area contributed by atoms with Crippen LogP contribution in [0.25, 0.3) is 0 Å². The highest BCUT2D eigenvalue weighted by Gasteiger charge is 2.42. The van der Waals surface area contributed by atoms with Crippen LogP contribution in [0.2, 0.25) is 0 Å². The molecule has 0 amide bonds. The number of nitrogens with zero attached hydrogens (tertiary/aromatic N) is 1. The molecule has 0 bridgehead atoms. The minimum atomic E-state index is 0.562.